The molecule has 1 aromatic rings. The van der Waals surface area contributed by atoms with Crippen LogP contribution in [0.4, 0.5) is 0 Å². The van der Waals surface area contributed by atoms with Gasteiger partial charge in [0.2, 0.25) is 11.8 Å². The van der Waals surface area contributed by atoms with Crippen molar-refractivity contribution >= 4 is 11.8 Å². The molecule has 2 atom stereocenters. The highest BCUT2D eigenvalue weighted by Crippen LogP contribution is 2.40. The summed E-state index contributed by atoms with van der Waals surface area (Å²) < 4.78 is 0. The van der Waals surface area contributed by atoms with Crippen molar-refractivity contribution in [1.82, 2.24) is 15.5 Å². The molecule has 128 valence electrons. The standard InChI is InChI=1S/C19H25N3O2/c23-17(20-15-7-4-8-15)16-11-19(18(24)21-16)9-10-22(13-19)12-14-5-2-1-3-6-14/h1-3,5-6,15-16H,4,7-13H2,(H,20,23)(H,21,24)/t16-,19+/m0/s1. The van der Waals surface area contributed by atoms with E-state index in [0.29, 0.717) is 12.5 Å². The van der Waals surface area contributed by atoms with Gasteiger partial charge in [-0.25, -0.2) is 0 Å². The van der Waals surface area contributed by atoms with Crippen molar-refractivity contribution in [1.29, 1.82) is 0 Å². The minimum Gasteiger partial charge on any atom is -0.352 e. The first-order valence-corrected chi connectivity index (χ1v) is 9.02. The Morgan fingerprint density at radius 3 is 2.79 bits per heavy atom. The first kappa shape index (κ1) is 15.6. The largest absolute Gasteiger partial charge is 0.352 e. The fraction of sp³-hybridized carbons (Fsp3) is 0.579. The van der Waals surface area contributed by atoms with Gasteiger partial charge in [-0.3, -0.25) is 14.5 Å². The van der Waals surface area contributed by atoms with Gasteiger partial charge in [-0.05, 0) is 44.2 Å². The molecular weight excluding hydrogens is 302 g/mol. The molecule has 2 N–H and O–H groups in total. The Hall–Kier alpha value is -1.88. The van der Waals surface area contributed by atoms with Crippen molar-refractivity contribution in [3.63, 3.8) is 0 Å². The van der Waals surface area contributed by atoms with Crippen molar-refractivity contribution in [3.8, 4) is 0 Å². The number of benzene rings is 1. The minimum atomic E-state index is -0.379. The van der Waals surface area contributed by atoms with E-state index in [1.54, 1.807) is 0 Å². The fourth-order valence-corrected chi connectivity index (χ4v) is 4.15. The average Bonchev–Trinajstić information content (AvgIpc) is 3.09. The van der Waals surface area contributed by atoms with Gasteiger partial charge >= 0.3 is 0 Å². The van der Waals surface area contributed by atoms with Gasteiger partial charge in [-0.2, -0.15) is 0 Å². The van der Waals surface area contributed by atoms with Crippen molar-refractivity contribution in [3.05, 3.63) is 35.9 Å². The lowest BCUT2D eigenvalue weighted by molar-refractivity contribution is -0.129. The van der Waals surface area contributed by atoms with E-state index >= 15 is 0 Å². The summed E-state index contributed by atoms with van der Waals surface area (Å²) in [6, 6.07) is 10.3. The number of nitrogens with one attached hydrogen (secondary N) is 2. The normalized spacial score (nSPS) is 30.3. The third kappa shape index (κ3) is 2.93. The highest BCUT2D eigenvalue weighted by atomic mass is 16.2. The van der Waals surface area contributed by atoms with Gasteiger partial charge < -0.3 is 10.6 Å². The number of likely N-dealkylation sites (tertiary alicyclic amines) is 1. The van der Waals surface area contributed by atoms with Crippen LogP contribution in [-0.4, -0.2) is 41.9 Å². The van der Waals surface area contributed by atoms with E-state index in [1.165, 1.54) is 12.0 Å². The zero-order valence-electron chi connectivity index (χ0n) is 14.0. The lowest BCUT2D eigenvalue weighted by atomic mass is 9.83. The number of carbonyl (C=O) groups excluding carboxylic acids is 2. The maximum absolute atomic E-state index is 12.6. The van der Waals surface area contributed by atoms with Crippen molar-refractivity contribution < 1.29 is 9.59 Å². The number of nitrogens with zero attached hydrogens (tertiary/aromatic N) is 1. The lowest BCUT2D eigenvalue weighted by Crippen LogP contribution is -2.48. The molecule has 1 aromatic carbocycles. The summed E-state index contributed by atoms with van der Waals surface area (Å²) in [5.74, 6) is 0.0678. The second kappa shape index (κ2) is 6.20. The molecule has 24 heavy (non-hydrogen) atoms. The molecule has 0 radical (unpaired) electrons. The second-order valence-electron chi connectivity index (χ2n) is 7.59. The van der Waals surface area contributed by atoms with E-state index in [-0.39, 0.29) is 23.3 Å². The Labute approximate surface area is 142 Å². The summed E-state index contributed by atoms with van der Waals surface area (Å²) in [6.07, 6.45) is 4.82. The smallest absolute Gasteiger partial charge is 0.242 e. The topological polar surface area (TPSA) is 61.4 Å². The molecule has 2 heterocycles. The van der Waals surface area contributed by atoms with Gasteiger partial charge in [0.25, 0.3) is 0 Å². The number of hydrogen-bond donors (Lipinski definition) is 2. The van der Waals surface area contributed by atoms with Crippen LogP contribution in [0.1, 0.15) is 37.7 Å². The highest BCUT2D eigenvalue weighted by molar-refractivity contribution is 5.94. The minimum absolute atomic E-state index is 0.00596. The molecule has 2 amide bonds. The van der Waals surface area contributed by atoms with Crippen LogP contribution >= 0.6 is 0 Å². The molecule has 4 rings (SSSR count). The van der Waals surface area contributed by atoms with Crippen LogP contribution in [0.3, 0.4) is 0 Å². The summed E-state index contributed by atoms with van der Waals surface area (Å²) in [5, 5.41) is 6.02. The molecular formula is C19H25N3O2. The number of hydrogen-bond acceptors (Lipinski definition) is 3. The summed E-state index contributed by atoms with van der Waals surface area (Å²) >= 11 is 0. The molecule has 0 bridgehead atoms. The van der Waals surface area contributed by atoms with Crippen LogP contribution in [0.2, 0.25) is 0 Å². The van der Waals surface area contributed by atoms with Crippen LogP contribution in [0.25, 0.3) is 0 Å². The molecule has 2 aliphatic heterocycles. The zero-order valence-corrected chi connectivity index (χ0v) is 14.0. The molecule has 0 unspecified atom stereocenters. The Bertz CT molecular complexity index is 629. The molecule has 3 aliphatic rings. The van der Waals surface area contributed by atoms with Crippen LogP contribution in [0, 0.1) is 5.41 Å². The molecule has 1 aliphatic carbocycles. The Morgan fingerprint density at radius 1 is 1.29 bits per heavy atom. The number of amides is 2. The predicted molar refractivity (Wildman–Crippen MR) is 91.1 cm³/mol. The summed E-state index contributed by atoms with van der Waals surface area (Å²) in [4.78, 5) is 27.3. The molecule has 5 heteroatoms. The molecule has 0 aromatic heterocycles. The predicted octanol–water partition coefficient (Wildman–Crippen LogP) is 1.44. The van der Waals surface area contributed by atoms with E-state index in [2.05, 4.69) is 27.7 Å². The first-order valence-electron chi connectivity index (χ1n) is 9.02. The highest BCUT2D eigenvalue weighted by Gasteiger charge is 2.52. The maximum Gasteiger partial charge on any atom is 0.242 e. The maximum atomic E-state index is 12.6. The van der Waals surface area contributed by atoms with Gasteiger partial charge in [-0.1, -0.05) is 30.3 Å². The third-order valence-electron chi connectivity index (χ3n) is 5.83. The molecule has 1 saturated carbocycles. The summed E-state index contributed by atoms with van der Waals surface area (Å²) in [5.41, 5.74) is 0.892. The third-order valence-corrected chi connectivity index (χ3v) is 5.83. The quantitative estimate of drug-likeness (QED) is 0.880. The lowest BCUT2D eigenvalue weighted by Gasteiger charge is -2.27. The first-order chi connectivity index (χ1) is 11.6. The molecule has 2 saturated heterocycles. The van der Waals surface area contributed by atoms with Crippen LogP contribution in [0.5, 0.6) is 0 Å². The SMILES string of the molecule is O=C(NC1CCC1)[C@@H]1C[C@@]2(CCN(Cc3ccccc3)C2)C(=O)N1. The van der Waals surface area contributed by atoms with Crippen molar-refractivity contribution in [2.45, 2.75) is 50.7 Å². The van der Waals surface area contributed by atoms with Gasteiger partial charge in [0.05, 0.1) is 5.41 Å². The Kier molecular flexibility index (Phi) is 4.04. The second-order valence-corrected chi connectivity index (χ2v) is 7.59. The fourth-order valence-electron chi connectivity index (χ4n) is 4.15. The molecule has 1 spiro atoms. The van der Waals surface area contributed by atoms with Crippen molar-refractivity contribution in [2.75, 3.05) is 13.1 Å². The molecule has 3 fully saturated rings. The monoisotopic (exact) mass is 327 g/mol. The van der Waals surface area contributed by atoms with Gasteiger partial charge in [-0.15, -0.1) is 0 Å². The zero-order chi connectivity index (χ0) is 16.6. The Balaban J connectivity index is 1.37. The van der Waals surface area contributed by atoms with Crippen molar-refractivity contribution in [2.24, 2.45) is 5.41 Å². The van der Waals surface area contributed by atoms with Crippen LogP contribution in [0.15, 0.2) is 30.3 Å². The van der Waals surface area contributed by atoms with E-state index in [9.17, 15) is 9.59 Å². The number of carbonyl (C=O) groups is 2. The van der Waals surface area contributed by atoms with Crippen LogP contribution in [-0.2, 0) is 16.1 Å². The van der Waals surface area contributed by atoms with E-state index in [0.717, 1.165) is 38.9 Å². The summed E-state index contributed by atoms with van der Waals surface area (Å²) in [7, 11) is 0. The van der Waals surface area contributed by atoms with Gasteiger partial charge in [0, 0.05) is 19.1 Å². The van der Waals surface area contributed by atoms with E-state index < -0.39 is 0 Å². The van der Waals surface area contributed by atoms with Crippen LogP contribution < -0.4 is 10.6 Å². The average molecular weight is 327 g/mol. The number of rotatable bonds is 4. The molecule has 5 nitrogen and oxygen atoms in total. The van der Waals surface area contributed by atoms with E-state index in [4.69, 9.17) is 0 Å². The Morgan fingerprint density at radius 2 is 2.08 bits per heavy atom. The summed E-state index contributed by atoms with van der Waals surface area (Å²) in [6.45, 7) is 2.54. The van der Waals surface area contributed by atoms with E-state index in [1.807, 2.05) is 18.2 Å². The van der Waals surface area contributed by atoms with Gasteiger partial charge in [0.15, 0.2) is 0 Å². The van der Waals surface area contributed by atoms with Gasteiger partial charge in [0.1, 0.15) is 6.04 Å².